The number of hydrogen-bond donors (Lipinski definition) is 1. The Labute approximate surface area is 124 Å². The van der Waals surface area contributed by atoms with Gasteiger partial charge in [-0.15, -0.1) is 0 Å². The highest BCUT2D eigenvalue weighted by Crippen LogP contribution is 2.25. The van der Waals surface area contributed by atoms with E-state index in [4.69, 9.17) is 17.3 Å². The monoisotopic (exact) mass is 341 g/mol. The minimum absolute atomic E-state index is 0.0518. The molecule has 0 radical (unpaired) electrons. The normalized spacial score (nSPS) is 11.0. The summed E-state index contributed by atoms with van der Waals surface area (Å²) in [4.78, 5) is 12.5. The average Bonchev–Trinajstić information content (AvgIpc) is 2.69. The summed E-state index contributed by atoms with van der Waals surface area (Å²) >= 11 is 9.39. The number of carbonyl (C=O) groups is 1. The molecule has 0 spiro atoms. The van der Waals surface area contributed by atoms with E-state index in [-0.39, 0.29) is 11.8 Å². The third-order valence-corrected chi connectivity index (χ3v) is 3.37. The molecule has 0 fully saturated rings. The van der Waals surface area contributed by atoms with E-state index < -0.39 is 0 Å². The zero-order valence-electron chi connectivity index (χ0n) is 10.5. The van der Waals surface area contributed by atoms with Gasteiger partial charge in [0.25, 0.3) is 0 Å². The highest BCUT2D eigenvalue weighted by atomic mass is 79.9. The summed E-state index contributed by atoms with van der Waals surface area (Å²) in [6.07, 6.45) is 1.48. The molecule has 100 valence electrons. The summed E-state index contributed by atoms with van der Waals surface area (Å²) in [7, 11) is 0. The predicted molar refractivity (Wildman–Crippen MR) is 79.6 cm³/mol. The van der Waals surface area contributed by atoms with Crippen LogP contribution in [0.5, 0.6) is 0 Å². The van der Waals surface area contributed by atoms with Crippen molar-refractivity contribution in [1.29, 1.82) is 0 Å². The number of nitrogen functional groups attached to an aromatic ring is 1. The molecule has 0 bridgehead atoms. The molecule has 0 aliphatic rings. The fourth-order valence-corrected chi connectivity index (χ4v) is 2.55. The van der Waals surface area contributed by atoms with E-state index in [1.165, 1.54) is 6.20 Å². The van der Waals surface area contributed by atoms with Gasteiger partial charge in [0.15, 0.2) is 0 Å². The van der Waals surface area contributed by atoms with Crippen LogP contribution in [0.25, 0.3) is 0 Å². The van der Waals surface area contributed by atoms with Gasteiger partial charge in [-0.2, -0.15) is 5.10 Å². The third kappa shape index (κ3) is 2.82. The van der Waals surface area contributed by atoms with Gasteiger partial charge in [-0.1, -0.05) is 27.5 Å². The summed E-state index contributed by atoms with van der Waals surface area (Å²) < 4.78 is 2.37. The molecule has 19 heavy (non-hydrogen) atoms. The lowest BCUT2D eigenvalue weighted by Gasteiger charge is -2.11. The van der Waals surface area contributed by atoms with E-state index in [1.54, 1.807) is 22.9 Å². The molecule has 4 nitrogen and oxygen atoms in total. The Morgan fingerprint density at radius 1 is 1.42 bits per heavy atom. The number of carbonyl (C=O) groups excluding carboxylic acids is 1. The van der Waals surface area contributed by atoms with Gasteiger partial charge in [0, 0.05) is 21.8 Å². The molecule has 0 amide bonds. The number of benzene rings is 1. The van der Waals surface area contributed by atoms with Crippen molar-refractivity contribution in [3.8, 4) is 0 Å². The fourth-order valence-electron chi connectivity index (χ4n) is 1.83. The van der Waals surface area contributed by atoms with Crippen molar-refractivity contribution in [2.45, 2.75) is 19.9 Å². The maximum atomic E-state index is 12.5. The van der Waals surface area contributed by atoms with E-state index in [0.717, 1.165) is 4.47 Å². The number of nitrogens with two attached hydrogens (primary N) is 1. The second-order valence-electron chi connectivity index (χ2n) is 4.48. The van der Waals surface area contributed by atoms with Crippen molar-refractivity contribution in [2.75, 3.05) is 5.73 Å². The van der Waals surface area contributed by atoms with Crippen LogP contribution in [-0.2, 0) is 0 Å². The Morgan fingerprint density at radius 2 is 2.11 bits per heavy atom. The second-order valence-corrected chi connectivity index (χ2v) is 5.80. The van der Waals surface area contributed by atoms with Gasteiger partial charge in [0.05, 0.1) is 11.2 Å². The molecule has 0 saturated heterocycles. The van der Waals surface area contributed by atoms with Crippen LogP contribution in [0.3, 0.4) is 0 Å². The number of anilines is 1. The summed E-state index contributed by atoms with van der Waals surface area (Å²) in [6.45, 7) is 3.88. The van der Waals surface area contributed by atoms with Gasteiger partial charge in [-0.25, -0.2) is 0 Å². The van der Waals surface area contributed by atoms with Crippen LogP contribution in [0.1, 0.15) is 35.9 Å². The Bertz CT molecular complexity index is 617. The molecule has 0 atom stereocenters. The maximum absolute atomic E-state index is 12.5. The highest BCUT2D eigenvalue weighted by molar-refractivity contribution is 9.10. The smallest absolute Gasteiger partial charge is 0.212 e. The van der Waals surface area contributed by atoms with Crippen molar-refractivity contribution in [3.05, 3.63) is 45.1 Å². The van der Waals surface area contributed by atoms with Crippen LogP contribution in [0, 0.1) is 0 Å². The van der Waals surface area contributed by atoms with Crippen molar-refractivity contribution in [3.63, 3.8) is 0 Å². The van der Waals surface area contributed by atoms with Crippen LogP contribution in [0.15, 0.2) is 28.9 Å². The van der Waals surface area contributed by atoms with Crippen LogP contribution in [0.2, 0.25) is 5.02 Å². The van der Waals surface area contributed by atoms with Crippen LogP contribution in [-0.4, -0.2) is 15.6 Å². The number of ketones is 1. The molecular weight excluding hydrogens is 330 g/mol. The first-order chi connectivity index (χ1) is 8.90. The van der Waals surface area contributed by atoms with Gasteiger partial charge in [-0.05, 0) is 32.0 Å². The van der Waals surface area contributed by atoms with Gasteiger partial charge in [-0.3, -0.25) is 9.48 Å². The summed E-state index contributed by atoms with van der Waals surface area (Å²) in [5.74, 6) is -0.191. The lowest BCUT2D eigenvalue weighted by atomic mass is 10.1. The average molecular weight is 343 g/mol. The van der Waals surface area contributed by atoms with Crippen LogP contribution >= 0.6 is 27.5 Å². The van der Waals surface area contributed by atoms with Crippen molar-refractivity contribution < 1.29 is 4.79 Å². The van der Waals surface area contributed by atoms with Gasteiger partial charge in [0.1, 0.15) is 5.69 Å². The largest absolute Gasteiger partial charge is 0.399 e. The minimum Gasteiger partial charge on any atom is -0.399 e. The number of rotatable bonds is 3. The number of hydrogen-bond acceptors (Lipinski definition) is 3. The molecule has 1 heterocycles. The van der Waals surface area contributed by atoms with E-state index in [1.807, 2.05) is 13.8 Å². The lowest BCUT2D eigenvalue weighted by molar-refractivity contribution is 0.102. The van der Waals surface area contributed by atoms with E-state index >= 15 is 0 Å². The molecule has 2 N–H and O–H groups in total. The molecule has 1 aromatic carbocycles. The molecule has 2 rings (SSSR count). The molecule has 0 aliphatic carbocycles. The van der Waals surface area contributed by atoms with Crippen molar-refractivity contribution >= 4 is 39.0 Å². The standard InChI is InChI=1S/C13H13BrClN3O/c1-7(2)18-12(11(15)6-17-18)13(19)8-3-9(14)5-10(16)4-8/h3-7H,16H2,1-2H3. The molecule has 1 aromatic heterocycles. The molecule has 0 aliphatic heterocycles. The Balaban J connectivity index is 2.53. The van der Waals surface area contributed by atoms with Gasteiger partial charge >= 0.3 is 0 Å². The Kier molecular flexibility index (Phi) is 3.96. The molecular formula is C13H13BrClN3O. The van der Waals surface area contributed by atoms with E-state index in [2.05, 4.69) is 21.0 Å². The first-order valence-electron chi connectivity index (χ1n) is 5.74. The summed E-state index contributed by atoms with van der Waals surface area (Å²) in [5.41, 5.74) is 7.13. The highest BCUT2D eigenvalue weighted by Gasteiger charge is 2.21. The molecule has 0 saturated carbocycles. The fraction of sp³-hybridized carbons (Fsp3) is 0.231. The maximum Gasteiger partial charge on any atom is 0.212 e. The third-order valence-electron chi connectivity index (χ3n) is 2.64. The summed E-state index contributed by atoms with van der Waals surface area (Å²) in [5, 5.41) is 4.47. The molecule has 6 heteroatoms. The second kappa shape index (κ2) is 5.35. The molecule has 2 aromatic rings. The quantitative estimate of drug-likeness (QED) is 0.683. The van der Waals surface area contributed by atoms with Crippen molar-refractivity contribution in [1.82, 2.24) is 9.78 Å². The van der Waals surface area contributed by atoms with Gasteiger partial charge in [0.2, 0.25) is 5.78 Å². The number of aromatic nitrogens is 2. The lowest BCUT2D eigenvalue weighted by Crippen LogP contribution is -2.14. The molecule has 0 unspecified atom stereocenters. The number of nitrogens with zero attached hydrogens (tertiary/aromatic N) is 2. The summed E-state index contributed by atoms with van der Waals surface area (Å²) in [6, 6.07) is 5.13. The Hall–Kier alpha value is -1.33. The zero-order valence-corrected chi connectivity index (χ0v) is 12.9. The first kappa shape index (κ1) is 14.1. The zero-order chi connectivity index (χ0) is 14.2. The van der Waals surface area contributed by atoms with Crippen molar-refractivity contribution in [2.24, 2.45) is 0 Å². The topological polar surface area (TPSA) is 60.9 Å². The number of halogens is 2. The van der Waals surface area contributed by atoms with Crippen LogP contribution in [0.4, 0.5) is 5.69 Å². The van der Waals surface area contributed by atoms with E-state index in [0.29, 0.717) is 22.0 Å². The Morgan fingerprint density at radius 3 is 2.68 bits per heavy atom. The minimum atomic E-state index is -0.191. The van der Waals surface area contributed by atoms with Crippen LogP contribution < -0.4 is 5.73 Å². The SMILES string of the molecule is CC(C)n1ncc(Cl)c1C(=O)c1cc(N)cc(Br)c1. The van der Waals surface area contributed by atoms with Gasteiger partial charge < -0.3 is 5.73 Å². The van der Waals surface area contributed by atoms with E-state index in [9.17, 15) is 4.79 Å². The predicted octanol–water partition coefficient (Wildman–Crippen LogP) is 3.69. The first-order valence-corrected chi connectivity index (χ1v) is 6.91.